The van der Waals surface area contributed by atoms with Crippen LogP contribution in [0.4, 0.5) is 5.69 Å². The van der Waals surface area contributed by atoms with E-state index in [1.54, 1.807) is 50.4 Å². The molecule has 0 saturated heterocycles. The topological polar surface area (TPSA) is 67.8 Å². The van der Waals surface area contributed by atoms with E-state index in [4.69, 9.17) is 44.3 Å². The molecule has 0 aromatic heterocycles. The number of aromatic carboxylic acids is 1. The summed E-state index contributed by atoms with van der Waals surface area (Å²) in [5.74, 6) is 0.0491. The lowest BCUT2D eigenvalue weighted by Crippen LogP contribution is -2.06. The fourth-order valence-electron chi connectivity index (χ4n) is 3.02. The molecule has 162 valence electrons. The highest BCUT2D eigenvalue weighted by atomic mass is 35.5. The third-order valence-corrected chi connectivity index (χ3v) is 5.84. The smallest absolute Gasteiger partial charge is 0.336 e. The highest BCUT2D eigenvalue weighted by molar-refractivity contribution is 6.42. The first kappa shape index (κ1) is 23.1. The minimum absolute atomic E-state index is 0.250. The Kier molecular flexibility index (Phi) is 7.55. The summed E-state index contributed by atoms with van der Waals surface area (Å²) in [6, 6.07) is 13.8. The highest BCUT2D eigenvalue weighted by Crippen LogP contribution is 2.35. The van der Waals surface area contributed by atoms with Crippen LogP contribution in [-0.2, 0) is 13.2 Å². The first-order chi connectivity index (χ1) is 14.8. The van der Waals surface area contributed by atoms with E-state index in [9.17, 15) is 9.90 Å². The Morgan fingerprint density at radius 1 is 1.00 bits per heavy atom. The van der Waals surface area contributed by atoms with E-state index in [2.05, 4.69) is 5.32 Å². The van der Waals surface area contributed by atoms with Gasteiger partial charge in [0.15, 0.2) is 11.5 Å². The van der Waals surface area contributed by atoms with Crippen molar-refractivity contribution >= 4 is 46.5 Å². The Morgan fingerprint density at radius 3 is 2.45 bits per heavy atom. The molecule has 0 aliphatic heterocycles. The lowest BCUT2D eigenvalue weighted by molar-refractivity contribution is 0.0696. The van der Waals surface area contributed by atoms with E-state index < -0.39 is 5.97 Å². The number of rotatable bonds is 8. The van der Waals surface area contributed by atoms with E-state index >= 15 is 0 Å². The van der Waals surface area contributed by atoms with E-state index in [0.29, 0.717) is 38.7 Å². The maximum Gasteiger partial charge on any atom is 0.336 e. The van der Waals surface area contributed by atoms with Crippen LogP contribution < -0.4 is 14.8 Å². The summed E-state index contributed by atoms with van der Waals surface area (Å²) in [5, 5.41) is 13.9. The van der Waals surface area contributed by atoms with Crippen LogP contribution in [-0.4, -0.2) is 18.2 Å². The molecule has 0 heterocycles. The first-order valence-electron chi connectivity index (χ1n) is 9.30. The summed E-state index contributed by atoms with van der Waals surface area (Å²) in [7, 11) is 1.55. The van der Waals surface area contributed by atoms with Gasteiger partial charge in [0.25, 0.3) is 0 Å². The summed E-state index contributed by atoms with van der Waals surface area (Å²) in [4.78, 5) is 11.3. The number of carboxylic acid groups (broad SMARTS) is 1. The van der Waals surface area contributed by atoms with Gasteiger partial charge in [0.05, 0.1) is 22.7 Å². The third kappa shape index (κ3) is 5.56. The van der Waals surface area contributed by atoms with Gasteiger partial charge in [0, 0.05) is 23.3 Å². The van der Waals surface area contributed by atoms with Crippen LogP contribution in [0.5, 0.6) is 11.5 Å². The number of hydrogen-bond donors (Lipinski definition) is 2. The SMILES string of the molecule is COc1cc(CNc2cccc(C(=O)O)c2C)c(Cl)cc1OCc1ccc(Cl)c(Cl)c1. The van der Waals surface area contributed by atoms with E-state index in [0.717, 1.165) is 16.8 Å². The average Bonchev–Trinajstić information content (AvgIpc) is 2.74. The second-order valence-corrected chi connectivity index (χ2v) is 7.99. The number of methoxy groups -OCH3 is 1. The fraction of sp³-hybridized carbons (Fsp3) is 0.174. The van der Waals surface area contributed by atoms with Gasteiger partial charge in [-0.2, -0.15) is 0 Å². The van der Waals surface area contributed by atoms with Crippen LogP contribution in [0.3, 0.4) is 0 Å². The molecule has 0 radical (unpaired) electrons. The number of hydrogen-bond acceptors (Lipinski definition) is 4. The van der Waals surface area contributed by atoms with Crippen LogP contribution in [0.25, 0.3) is 0 Å². The third-order valence-electron chi connectivity index (χ3n) is 4.74. The molecule has 3 aromatic carbocycles. The molecular weight excluding hydrogens is 461 g/mol. The van der Waals surface area contributed by atoms with Crippen molar-refractivity contribution in [3.05, 3.63) is 85.9 Å². The molecule has 0 spiro atoms. The van der Waals surface area contributed by atoms with Gasteiger partial charge in [0.1, 0.15) is 6.61 Å². The molecule has 0 bridgehead atoms. The monoisotopic (exact) mass is 479 g/mol. The molecule has 3 rings (SSSR count). The highest BCUT2D eigenvalue weighted by Gasteiger charge is 2.13. The summed E-state index contributed by atoms with van der Waals surface area (Å²) in [6.07, 6.45) is 0. The largest absolute Gasteiger partial charge is 0.493 e. The van der Waals surface area contributed by atoms with Crippen LogP contribution in [0.2, 0.25) is 15.1 Å². The number of anilines is 1. The lowest BCUT2D eigenvalue weighted by Gasteiger charge is -2.16. The quantitative estimate of drug-likeness (QED) is 0.369. The lowest BCUT2D eigenvalue weighted by atomic mass is 10.1. The number of benzene rings is 3. The Bertz CT molecular complexity index is 1120. The molecular formula is C23H20Cl3NO4. The van der Waals surface area contributed by atoms with Crippen molar-refractivity contribution in [3.8, 4) is 11.5 Å². The van der Waals surface area contributed by atoms with Gasteiger partial charge in [-0.25, -0.2) is 4.79 Å². The number of carboxylic acids is 1. The van der Waals surface area contributed by atoms with Crippen molar-refractivity contribution in [2.45, 2.75) is 20.1 Å². The van der Waals surface area contributed by atoms with Crippen molar-refractivity contribution in [1.82, 2.24) is 0 Å². The zero-order valence-electron chi connectivity index (χ0n) is 16.8. The number of carbonyl (C=O) groups is 1. The molecule has 2 N–H and O–H groups in total. The standard InChI is InChI=1S/C23H20Cl3NO4/c1-13-16(23(28)29)4-3-5-20(13)27-11-15-9-21(30-2)22(10-18(15)25)31-12-14-6-7-17(24)19(26)8-14/h3-10,27H,11-12H2,1-2H3,(H,28,29). The maximum atomic E-state index is 11.3. The summed E-state index contributed by atoms with van der Waals surface area (Å²) < 4.78 is 11.3. The van der Waals surface area contributed by atoms with E-state index in [1.165, 1.54) is 0 Å². The molecule has 0 aliphatic carbocycles. The predicted octanol–water partition coefficient (Wildman–Crippen LogP) is 6.85. The molecule has 0 atom stereocenters. The Morgan fingerprint density at radius 2 is 1.77 bits per heavy atom. The average molecular weight is 481 g/mol. The normalized spacial score (nSPS) is 10.6. The van der Waals surface area contributed by atoms with Gasteiger partial charge in [-0.1, -0.05) is 46.9 Å². The summed E-state index contributed by atoms with van der Waals surface area (Å²) in [5.41, 5.74) is 3.25. The summed E-state index contributed by atoms with van der Waals surface area (Å²) >= 11 is 18.5. The fourth-order valence-corrected chi connectivity index (χ4v) is 3.57. The molecule has 0 amide bonds. The van der Waals surface area contributed by atoms with Crippen LogP contribution in [0.15, 0.2) is 48.5 Å². The number of nitrogens with one attached hydrogen (secondary N) is 1. The van der Waals surface area contributed by atoms with Crippen molar-refractivity contribution in [1.29, 1.82) is 0 Å². The van der Waals surface area contributed by atoms with Crippen LogP contribution in [0, 0.1) is 6.92 Å². The van der Waals surface area contributed by atoms with Gasteiger partial charge in [-0.3, -0.25) is 0 Å². The second kappa shape index (κ2) is 10.1. The molecule has 0 unspecified atom stereocenters. The zero-order valence-corrected chi connectivity index (χ0v) is 19.1. The van der Waals surface area contributed by atoms with Crippen LogP contribution >= 0.6 is 34.8 Å². The zero-order chi connectivity index (χ0) is 22.5. The van der Waals surface area contributed by atoms with Crippen LogP contribution in [0.1, 0.15) is 27.0 Å². The van der Waals surface area contributed by atoms with Crippen molar-refractivity contribution < 1.29 is 19.4 Å². The summed E-state index contributed by atoms with van der Waals surface area (Å²) in [6.45, 7) is 2.41. The maximum absolute atomic E-state index is 11.3. The Balaban J connectivity index is 1.75. The number of ether oxygens (including phenoxy) is 2. The molecule has 3 aromatic rings. The van der Waals surface area contributed by atoms with Crippen molar-refractivity contribution in [2.24, 2.45) is 0 Å². The van der Waals surface area contributed by atoms with Crippen molar-refractivity contribution in [3.63, 3.8) is 0 Å². The minimum Gasteiger partial charge on any atom is -0.493 e. The number of halogens is 3. The van der Waals surface area contributed by atoms with E-state index in [-0.39, 0.29) is 12.2 Å². The minimum atomic E-state index is -0.968. The molecule has 5 nitrogen and oxygen atoms in total. The van der Waals surface area contributed by atoms with Gasteiger partial charge in [-0.15, -0.1) is 0 Å². The Labute approximate surface area is 195 Å². The molecule has 31 heavy (non-hydrogen) atoms. The second-order valence-electron chi connectivity index (χ2n) is 6.77. The molecule has 0 aliphatic rings. The molecule has 0 fully saturated rings. The molecule has 8 heteroatoms. The van der Waals surface area contributed by atoms with Gasteiger partial charge < -0.3 is 19.9 Å². The Hall–Kier alpha value is -2.60. The van der Waals surface area contributed by atoms with Gasteiger partial charge in [0.2, 0.25) is 0 Å². The van der Waals surface area contributed by atoms with Gasteiger partial charge >= 0.3 is 5.97 Å². The predicted molar refractivity (Wildman–Crippen MR) is 124 cm³/mol. The molecule has 0 saturated carbocycles. The van der Waals surface area contributed by atoms with Crippen molar-refractivity contribution in [2.75, 3.05) is 12.4 Å². The van der Waals surface area contributed by atoms with Gasteiger partial charge in [-0.05, 0) is 53.9 Å². The first-order valence-corrected chi connectivity index (χ1v) is 10.4. The van der Waals surface area contributed by atoms with E-state index in [1.807, 2.05) is 12.1 Å².